The number of nitrogens with one attached hydrogen (secondary N) is 1. The second-order valence-electron chi connectivity index (χ2n) is 5.49. The summed E-state index contributed by atoms with van der Waals surface area (Å²) < 4.78 is 6.05. The van der Waals surface area contributed by atoms with Crippen molar-refractivity contribution >= 4 is 11.6 Å². The first-order chi connectivity index (χ1) is 9.02. The van der Waals surface area contributed by atoms with E-state index in [1.165, 1.54) is 0 Å². The van der Waals surface area contributed by atoms with Crippen LogP contribution < -0.4 is 10.1 Å². The van der Waals surface area contributed by atoms with Crippen LogP contribution in [-0.4, -0.2) is 19.2 Å². The van der Waals surface area contributed by atoms with Crippen LogP contribution in [0, 0.1) is 12.8 Å². The van der Waals surface area contributed by atoms with Gasteiger partial charge in [-0.25, -0.2) is 0 Å². The average Bonchev–Trinajstić information content (AvgIpc) is 2.33. The van der Waals surface area contributed by atoms with E-state index in [-0.39, 0.29) is 6.10 Å². The SMILES string of the molecule is CCCC(CNCC(C)C)Oc1ccc(Cl)c(C)c1. The lowest BCUT2D eigenvalue weighted by atomic mass is 10.2. The minimum atomic E-state index is 0.226. The number of halogens is 1. The van der Waals surface area contributed by atoms with Crippen molar-refractivity contribution in [2.24, 2.45) is 5.92 Å². The summed E-state index contributed by atoms with van der Waals surface area (Å²) in [7, 11) is 0. The first-order valence-electron chi connectivity index (χ1n) is 7.16. The third-order valence-electron chi connectivity index (χ3n) is 2.97. The largest absolute Gasteiger partial charge is 0.489 e. The molecule has 0 bridgehead atoms. The van der Waals surface area contributed by atoms with E-state index < -0.39 is 0 Å². The molecule has 0 amide bonds. The first-order valence-corrected chi connectivity index (χ1v) is 7.54. The van der Waals surface area contributed by atoms with Crippen molar-refractivity contribution in [1.82, 2.24) is 5.32 Å². The van der Waals surface area contributed by atoms with E-state index >= 15 is 0 Å². The molecule has 0 saturated carbocycles. The van der Waals surface area contributed by atoms with Gasteiger partial charge >= 0.3 is 0 Å². The lowest BCUT2D eigenvalue weighted by Gasteiger charge is -2.20. The molecule has 0 aliphatic rings. The lowest BCUT2D eigenvalue weighted by molar-refractivity contribution is 0.185. The standard InChI is InChI=1S/C16H26ClNO/c1-5-6-15(11-18-10-12(2)3)19-14-7-8-16(17)13(4)9-14/h7-9,12,15,18H,5-6,10-11H2,1-4H3. The summed E-state index contributed by atoms with van der Waals surface area (Å²) in [5.74, 6) is 1.58. The fourth-order valence-electron chi connectivity index (χ4n) is 1.94. The predicted octanol–water partition coefficient (Wildman–Crippen LogP) is 4.44. The fourth-order valence-corrected chi connectivity index (χ4v) is 2.06. The Balaban J connectivity index is 2.54. The fraction of sp³-hybridized carbons (Fsp3) is 0.625. The van der Waals surface area contributed by atoms with Gasteiger partial charge in [0.05, 0.1) is 0 Å². The van der Waals surface area contributed by atoms with Gasteiger partial charge in [-0.15, -0.1) is 0 Å². The summed E-state index contributed by atoms with van der Waals surface area (Å²) in [5.41, 5.74) is 1.06. The maximum atomic E-state index is 6.05. The zero-order valence-corrected chi connectivity index (χ0v) is 13.3. The second kappa shape index (κ2) is 8.44. The minimum absolute atomic E-state index is 0.226. The molecule has 1 unspecified atom stereocenters. The Labute approximate surface area is 122 Å². The summed E-state index contributed by atoms with van der Waals surface area (Å²) >= 11 is 6.03. The predicted molar refractivity (Wildman–Crippen MR) is 83.2 cm³/mol. The van der Waals surface area contributed by atoms with Crippen LogP contribution in [0.15, 0.2) is 18.2 Å². The Morgan fingerprint density at radius 1 is 1.26 bits per heavy atom. The summed E-state index contributed by atoms with van der Waals surface area (Å²) in [6.45, 7) is 10.5. The highest BCUT2D eigenvalue weighted by Crippen LogP contribution is 2.22. The summed E-state index contributed by atoms with van der Waals surface area (Å²) in [5, 5.41) is 4.25. The van der Waals surface area contributed by atoms with Crippen LogP contribution >= 0.6 is 11.6 Å². The number of hydrogen-bond acceptors (Lipinski definition) is 2. The van der Waals surface area contributed by atoms with E-state index in [0.29, 0.717) is 5.92 Å². The van der Waals surface area contributed by atoms with Crippen molar-refractivity contribution in [2.45, 2.75) is 46.6 Å². The Morgan fingerprint density at radius 3 is 2.58 bits per heavy atom. The number of benzene rings is 1. The van der Waals surface area contributed by atoms with E-state index in [1.807, 2.05) is 25.1 Å². The third-order valence-corrected chi connectivity index (χ3v) is 3.39. The Hall–Kier alpha value is -0.730. The van der Waals surface area contributed by atoms with Crippen LogP contribution in [0.4, 0.5) is 0 Å². The van der Waals surface area contributed by atoms with Gasteiger partial charge in [0.1, 0.15) is 11.9 Å². The summed E-state index contributed by atoms with van der Waals surface area (Å²) in [6.07, 6.45) is 2.41. The van der Waals surface area contributed by atoms with Gasteiger partial charge in [-0.3, -0.25) is 0 Å². The van der Waals surface area contributed by atoms with Gasteiger partial charge in [-0.05, 0) is 49.6 Å². The lowest BCUT2D eigenvalue weighted by Crippen LogP contribution is -2.33. The molecular formula is C16H26ClNO. The summed E-state index contributed by atoms with van der Waals surface area (Å²) in [6, 6.07) is 5.85. The van der Waals surface area contributed by atoms with Gasteiger partial charge in [-0.2, -0.15) is 0 Å². The highest BCUT2D eigenvalue weighted by atomic mass is 35.5. The van der Waals surface area contributed by atoms with Gasteiger partial charge in [0.25, 0.3) is 0 Å². The average molecular weight is 284 g/mol. The molecule has 0 spiro atoms. The van der Waals surface area contributed by atoms with E-state index in [2.05, 4.69) is 26.1 Å². The molecule has 0 aromatic heterocycles. The first kappa shape index (κ1) is 16.3. The molecule has 1 aromatic carbocycles. The molecule has 19 heavy (non-hydrogen) atoms. The second-order valence-corrected chi connectivity index (χ2v) is 5.90. The Kier molecular flexibility index (Phi) is 7.25. The van der Waals surface area contributed by atoms with E-state index in [9.17, 15) is 0 Å². The number of aryl methyl sites for hydroxylation is 1. The van der Waals surface area contributed by atoms with Gasteiger partial charge < -0.3 is 10.1 Å². The minimum Gasteiger partial charge on any atom is -0.489 e. The van der Waals surface area contributed by atoms with Gasteiger partial charge in [0, 0.05) is 11.6 Å². The van der Waals surface area contributed by atoms with E-state index in [1.54, 1.807) is 0 Å². The zero-order chi connectivity index (χ0) is 14.3. The van der Waals surface area contributed by atoms with Gasteiger partial charge in [0.2, 0.25) is 0 Å². The van der Waals surface area contributed by atoms with Crippen LogP contribution in [0.2, 0.25) is 5.02 Å². The zero-order valence-electron chi connectivity index (χ0n) is 12.5. The highest BCUT2D eigenvalue weighted by molar-refractivity contribution is 6.31. The molecule has 1 atom stereocenters. The van der Waals surface area contributed by atoms with Crippen molar-refractivity contribution in [2.75, 3.05) is 13.1 Å². The topological polar surface area (TPSA) is 21.3 Å². The molecule has 0 fully saturated rings. The van der Waals surface area contributed by atoms with Crippen LogP contribution in [0.5, 0.6) is 5.75 Å². The number of rotatable bonds is 8. The normalized spacial score (nSPS) is 12.7. The molecule has 0 saturated heterocycles. The van der Waals surface area contributed by atoms with Crippen molar-refractivity contribution in [3.63, 3.8) is 0 Å². The smallest absolute Gasteiger partial charge is 0.120 e. The Bertz CT molecular complexity index is 379. The van der Waals surface area contributed by atoms with Crippen molar-refractivity contribution in [3.05, 3.63) is 28.8 Å². The van der Waals surface area contributed by atoms with Crippen molar-refractivity contribution in [1.29, 1.82) is 0 Å². The van der Waals surface area contributed by atoms with E-state index in [4.69, 9.17) is 16.3 Å². The molecule has 2 nitrogen and oxygen atoms in total. The maximum absolute atomic E-state index is 6.05. The molecule has 1 rings (SSSR count). The monoisotopic (exact) mass is 283 g/mol. The molecule has 0 radical (unpaired) electrons. The summed E-state index contributed by atoms with van der Waals surface area (Å²) in [4.78, 5) is 0. The molecule has 3 heteroatoms. The quantitative estimate of drug-likeness (QED) is 0.761. The van der Waals surface area contributed by atoms with Crippen LogP contribution in [0.25, 0.3) is 0 Å². The molecule has 0 heterocycles. The number of hydrogen-bond donors (Lipinski definition) is 1. The maximum Gasteiger partial charge on any atom is 0.120 e. The molecule has 1 N–H and O–H groups in total. The van der Waals surface area contributed by atoms with Crippen molar-refractivity contribution in [3.8, 4) is 5.75 Å². The van der Waals surface area contributed by atoms with Crippen LogP contribution in [-0.2, 0) is 0 Å². The van der Waals surface area contributed by atoms with Crippen LogP contribution in [0.1, 0.15) is 39.2 Å². The van der Waals surface area contributed by atoms with E-state index in [0.717, 1.165) is 42.3 Å². The molecule has 108 valence electrons. The Morgan fingerprint density at radius 2 is 2.00 bits per heavy atom. The molecule has 0 aliphatic heterocycles. The molecular weight excluding hydrogens is 258 g/mol. The molecule has 0 aliphatic carbocycles. The van der Waals surface area contributed by atoms with Gasteiger partial charge in [-0.1, -0.05) is 38.8 Å². The third kappa shape index (κ3) is 6.31. The number of ether oxygens (including phenoxy) is 1. The van der Waals surface area contributed by atoms with Crippen LogP contribution in [0.3, 0.4) is 0 Å². The van der Waals surface area contributed by atoms with Gasteiger partial charge in [0.15, 0.2) is 0 Å². The highest BCUT2D eigenvalue weighted by Gasteiger charge is 2.10. The molecule has 1 aromatic rings. The van der Waals surface area contributed by atoms with Crippen molar-refractivity contribution < 1.29 is 4.74 Å².